The first-order valence-electron chi connectivity index (χ1n) is 9.25. The van der Waals surface area contributed by atoms with E-state index < -0.39 is 0 Å². The zero-order valence-electron chi connectivity index (χ0n) is 14.8. The molecule has 5 nitrogen and oxygen atoms in total. The first kappa shape index (κ1) is 18.3. The molecule has 6 heteroatoms. The van der Waals surface area contributed by atoms with E-state index in [4.69, 9.17) is 4.74 Å². The number of likely N-dealkylation sites (tertiary alicyclic amines) is 1. The summed E-state index contributed by atoms with van der Waals surface area (Å²) in [5, 5.41) is 3.09. The van der Waals surface area contributed by atoms with Crippen LogP contribution in [0.1, 0.15) is 18.4 Å². The van der Waals surface area contributed by atoms with Gasteiger partial charge in [-0.3, -0.25) is 14.6 Å². The van der Waals surface area contributed by atoms with E-state index in [0.717, 1.165) is 70.9 Å². The van der Waals surface area contributed by atoms with Crippen LogP contribution < -0.4 is 5.32 Å². The Balaban J connectivity index is 1.33. The van der Waals surface area contributed by atoms with E-state index in [9.17, 15) is 9.18 Å². The van der Waals surface area contributed by atoms with Gasteiger partial charge in [0.15, 0.2) is 0 Å². The van der Waals surface area contributed by atoms with Crippen LogP contribution in [0.25, 0.3) is 0 Å². The van der Waals surface area contributed by atoms with Gasteiger partial charge in [0.05, 0.1) is 13.2 Å². The summed E-state index contributed by atoms with van der Waals surface area (Å²) in [6, 6.07) is 6.67. The number of carbonyl (C=O) groups is 1. The minimum absolute atomic E-state index is 0.120. The summed E-state index contributed by atoms with van der Waals surface area (Å²) < 4.78 is 18.3. The highest BCUT2D eigenvalue weighted by molar-refractivity contribution is 5.78. The third-order valence-corrected chi connectivity index (χ3v) is 5.11. The molecule has 0 saturated carbocycles. The van der Waals surface area contributed by atoms with E-state index >= 15 is 0 Å². The van der Waals surface area contributed by atoms with Gasteiger partial charge in [0, 0.05) is 38.6 Å². The Morgan fingerprint density at radius 1 is 1.08 bits per heavy atom. The Morgan fingerprint density at radius 3 is 2.44 bits per heavy atom. The van der Waals surface area contributed by atoms with Crippen molar-refractivity contribution < 1.29 is 13.9 Å². The third kappa shape index (κ3) is 5.76. The molecular weight excluding hydrogens is 321 g/mol. The summed E-state index contributed by atoms with van der Waals surface area (Å²) in [4.78, 5) is 17.0. The zero-order chi connectivity index (χ0) is 17.5. The largest absolute Gasteiger partial charge is 0.379 e. The van der Waals surface area contributed by atoms with Crippen LogP contribution >= 0.6 is 0 Å². The van der Waals surface area contributed by atoms with Crippen molar-refractivity contribution in [3.8, 4) is 0 Å². The van der Waals surface area contributed by atoms with Gasteiger partial charge in [-0.05, 0) is 43.6 Å². The molecule has 2 aliphatic rings. The molecule has 2 fully saturated rings. The van der Waals surface area contributed by atoms with Crippen LogP contribution in [0.3, 0.4) is 0 Å². The monoisotopic (exact) mass is 349 g/mol. The van der Waals surface area contributed by atoms with Crippen molar-refractivity contribution in [1.29, 1.82) is 0 Å². The van der Waals surface area contributed by atoms with Crippen LogP contribution in [0.4, 0.5) is 4.39 Å². The second kappa shape index (κ2) is 9.27. The lowest BCUT2D eigenvalue weighted by Gasteiger charge is -2.31. The lowest BCUT2D eigenvalue weighted by atomic mass is 9.95. The molecule has 0 aliphatic carbocycles. The molecule has 0 bridgehead atoms. The maximum atomic E-state index is 13.0. The summed E-state index contributed by atoms with van der Waals surface area (Å²) in [7, 11) is 0. The quantitative estimate of drug-likeness (QED) is 0.845. The number of nitrogens with zero attached hydrogens (tertiary/aromatic N) is 2. The second-order valence-corrected chi connectivity index (χ2v) is 6.92. The number of amides is 1. The van der Waals surface area contributed by atoms with E-state index in [1.807, 2.05) is 12.1 Å². The fourth-order valence-electron chi connectivity index (χ4n) is 3.51. The smallest absolute Gasteiger partial charge is 0.223 e. The molecule has 0 unspecified atom stereocenters. The van der Waals surface area contributed by atoms with Crippen molar-refractivity contribution in [2.45, 2.75) is 19.4 Å². The molecule has 0 radical (unpaired) electrons. The first-order valence-corrected chi connectivity index (χ1v) is 9.25. The van der Waals surface area contributed by atoms with Crippen LogP contribution in [-0.4, -0.2) is 68.2 Å². The minimum Gasteiger partial charge on any atom is -0.379 e. The summed E-state index contributed by atoms with van der Waals surface area (Å²) >= 11 is 0. The van der Waals surface area contributed by atoms with Gasteiger partial charge < -0.3 is 10.1 Å². The molecule has 2 saturated heterocycles. The van der Waals surface area contributed by atoms with Gasteiger partial charge in [0.25, 0.3) is 0 Å². The van der Waals surface area contributed by atoms with Gasteiger partial charge in [-0.2, -0.15) is 0 Å². The number of benzene rings is 1. The summed E-state index contributed by atoms with van der Waals surface area (Å²) in [5.41, 5.74) is 1.12. The number of hydrogen-bond acceptors (Lipinski definition) is 4. The fourth-order valence-corrected chi connectivity index (χ4v) is 3.51. The maximum absolute atomic E-state index is 13.0. The number of halogens is 1. The molecule has 1 aromatic rings. The summed E-state index contributed by atoms with van der Waals surface area (Å²) in [6.07, 6.45) is 1.79. The van der Waals surface area contributed by atoms with Crippen LogP contribution in [-0.2, 0) is 16.1 Å². The Bertz CT molecular complexity index is 538. The van der Waals surface area contributed by atoms with E-state index in [0.29, 0.717) is 6.54 Å². The van der Waals surface area contributed by atoms with Gasteiger partial charge >= 0.3 is 0 Å². The number of piperidine rings is 1. The van der Waals surface area contributed by atoms with Crippen LogP contribution in [0, 0.1) is 11.7 Å². The molecule has 1 N–H and O–H groups in total. The van der Waals surface area contributed by atoms with Crippen molar-refractivity contribution in [3.05, 3.63) is 35.6 Å². The van der Waals surface area contributed by atoms with Gasteiger partial charge in [-0.15, -0.1) is 0 Å². The number of carbonyl (C=O) groups excluding carboxylic acids is 1. The van der Waals surface area contributed by atoms with Gasteiger partial charge in [-0.1, -0.05) is 12.1 Å². The zero-order valence-corrected chi connectivity index (χ0v) is 14.8. The van der Waals surface area contributed by atoms with Crippen molar-refractivity contribution in [3.63, 3.8) is 0 Å². The van der Waals surface area contributed by atoms with Crippen LogP contribution in [0.2, 0.25) is 0 Å². The molecule has 1 aromatic carbocycles. The van der Waals surface area contributed by atoms with E-state index in [1.54, 1.807) is 0 Å². The Labute approximate surface area is 149 Å². The van der Waals surface area contributed by atoms with Crippen LogP contribution in [0.15, 0.2) is 24.3 Å². The number of hydrogen-bond donors (Lipinski definition) is 1. The summed E-state index contributed by atoms with van der Waals surface area (Å²) in [5.74, 6) is 0.111. The highest BCUT2D eigenvalue weighted by Gasteiger charge is 2.24. The lowest BCUT2D eigenvalue weighted by Crippen LogP contribution is -2.44. The van der Waals surface area contributed by atoms with Crippen molar-refractivity contribution in [2.24, 2.45) is 5.92 Å². The average Bonchev–Trinajstić information content (AvgIpc) is 2.65. The normalized spacial score (nSPS) is 20.5. The Kier molecular flexibility index (Phi) is 6.78. The molecule has 3 rings (SSSR count). The van der Waals surface area contributed by atoms with Crippen LogP contribution in [0.5, 0.6) is 0 Å². The molecule has 2 aliphatic heterocycles. The second-order valence-electron chi connectivity index (χ2n) is 6.92. The molecule has 0 aromatic heterocycles. The number of rotatable bonds is 6. The molecule has 1 amide bonds. The lowest BCUT2D eigenvalue weighted by molar-refractivity contribution is -0.126. The molecule has 138 valence electrons. The third-order valence-electron chi connectivity index (χ3n) is 5.11. The van der Waals surface area contributed by atoms with Gasteiger partial charge in [0.2, 0.25) is 5.91 Å². The highest BCUT2D eigenvalue weighted by atomic mass is 19.1. The Morgan fingerprint density at radius 2 is 1.76 bits per heavy atom. The topological polar surface area (TPSA) is 44.8 Å². The Hall–Kier alpha value is -1.50. The molecule has 2 heterocycles. The van der Waals surface area contributed by atoms with Crippen molar-refractivity contribution in [2.75, 3.05) is 52.5 Å². The van der Waals surface area contributed by atoms with Crippen molar-refractivity contribution in [1.82, 2.24) is 15.1 Å². The molecule has 0 atom stereocenters. The van der Waals surface area contributed by atoms with E-state index in [1.165, 1.54) is 12.1 Å². The predicted molar refractivity (Wildman–Crippen MR) is 94.7 cm³/mol. The van der Waals surface area contributed by atoms with E-state index in [2.05, 4.69) is 15.1 Å². The fraction of sp³-hybridized carbons (Fsp3) is 0.632. The highest BCUT2D eigenvalue weighted by Crippen LogP contribution is 2.19. The summed E-state index contributed by atoms with van der Waals surface area (Å²) in [6.45, 7) is 7.77. The molecule has 25 heavy (non-hydrogen) atoms. The average molecular weight is 349 g/mol. The SMILES string of the molecule is O=C(NCCN1CCOCC1)C1CCN(Cc2ccc(F)cc2)CC1. The number of nitrogens with one attached hydrogen (secondary N) is 1. The predicted octanol–water partition coefficient (Wildman–Crippen LogP) is 1.49. The van der Waals surface area contributed by atoms with Gasteiger partial charge in [0.1, 0.15) is 5.82 Å². The number of ether oxygens (including phenoxy) is 1. The first-order chi connectivity index (χ1) is 12.2. The maximum Gasteiger partial charge on any atom is 0.223 e. The van der Waals surface area contributed by atoms with Gasteiger partial charge in [-0.25, -0.2) is 4.39 Å². The van der Waals surface area contributed by atoms with E-state index in [-0.39, 0.29) is 17.6 Å². The molecular formula is C19H28FN3O2. The standard InChI is InChI=1S/C19H28FN3O2/c20-18-3-1-16(2-4-18)15-23-8-5-17(6-9-23)19(24)21-7-10-22-11-13-25-14-12-22/h1-4,17H,5-15H2,(H,21,24). The number of morpholine rings is 1. The van der Waals surface area contributed by atoms with Crippen molar-refractivity contribution >= 4 is 5.91 Å². The molecule has 0 spiro atoms. The minimum atomic E-state index is -0.198.